The summed E-state index contributed by atoms with van der Waals surface area (Å²) >= 11 is 3.42. The van der Waals surface area contributed by atoms with Gasteiger partial charge in [-0.3, -0.25) is 4.99 Å². The predicted molar refractivity (Wildman–Crippen MR) is 108 cm³/mol. The van der Waals surface area contributed by atoms with Crippen molar-refractivity contribution in [3.63, 3.8) is 0 Å². The van der Waals surface area contributed by atoms with Gasteiger partial charge in [-0.2, -0.15) is 11.3 Å². The van der Waals surface area contributed by atoms with Crippen LogP contribution in [-0.2, 0) is 18.5 Å². The summed E-state index contributed by atoms with van der Waals surface area (Å²) in [7, 11) is 1.78. The van der Waals surface area contributed by atoms with Crippen LogP contribution in [0.4, 0.5) is 0 Å². The van der Waals surface area contributed by atoms with E-state index in [-0.39, 0.29) is 29.4 Å². The van der Waals surface area contributed by atoms with Gasteiger partial charge in [-0.05, 0) is 22.4 Å². The molecule has 2 N–H and O–H groups in total. The molecule has 0 atom stereocenters. The van der Waals surface area contributed by atoms with E-state index in [1.807, 2.05) is 0 Å². The highest BCUT2D eigenvalue weighted by atomic mass is 127. The second-order valence-electron chi connectivity index (χ2n) is 5.80. The summed E-state index contributed by atoms with van der Waals surface area (Å²) in [5, 5.41) is 14.1. The topological polar surface area (TPSA) is 49.3 Å². The Morgan fingerprint density at radius 1 is 1.23 bits per heavy atom. The van der Waals surface area contributed by atoms with Gasteiger partial charge in [0, 0.05) is 24.4 Å². The van der Waals surface area contributed by atoms with Gasteiger partial charge in [0.25, 0.3) is 0 Å². The van der Waals surface area contributed by atoms with Gasteiger partial charge >= 0.3 is 0 Å². The van der Waals surface area contributed by atoms with Gasteiger partial charge in [0.15, 0.2) is 5.96 Å². The van der Waals surface area contributed by atoms with Crippen molar-refractivity contribution in [1.29, 1.82) is 0 Å². The lowest BCUT2D eigenvalue weighted by atomic mass is 9.98. The van der Waals surface area contributed by atoms with E-state index in [9.17, 15) is 0 Å². The minimum Gasteiger partial charge on any atom is -0.352 e. The van der Waals surface area contributed by atoms with Crippen LogP contribution in [0.25, 0.3) is 0 Å². The van der Waals surface area contributed by atoms with E-state index in [4.69, 9.17) is 0 Å². The number of nitrogens with zero attached hydrogens (tertiary/aromatic N) is 2. The van der Waals surface area contributed by atoms with Crippen molar-refractivity contribution in [3.8, 4) is 0 Å². The van der Waals surface area contributed by atoms with Crippen molar-refractivity contribution >= 4 is 52.6 Å². The number of guanidine groups is 1. The molecule has 0 radical (unpaired) electrons. The normalized spacial score (nSPS) is 11.9. The molecular formula is C15H23IN4S2. The number of rotatable bonds is 4. The third-order valence-corrected chi connectivity index (χ3v) is 4.94. The molecule has 2 aromatic rings. The first-order valence-electron chi connectivity index (χ1n) is 6.89. The number of hydrogen-bond acceptors (Lipinski definition) is 4. The summed E-state index contributed by atoms with van der Waals surface area (Å²) < 4.78 is 0. The largest absolute Gasteiger partial charge is 0.352 e. The van der Waals surface area contributed by atoms with Crippen molar-refractivity contribution in [2.45, 2.75) is 39.3 Å². The summed E-state index contributed by atoms with van der Waals surface area (Å²) in [6, 6.07) is 2.11. The molecule has 2 heterocycles. The first-order valence-corrected chi connectivity index (χ1v) is 8.72. The second kappa shape index (κ2) is 8.83. The molecule has 122 valence electrons. The summed E-state index contributed by atoms with van der Waals surface area (Å²) in [5.74, 6) is 0.798. The molecule has 4 nitrogen and oxygen atoms in total. The first-order chi connectivity index (χ1) is 9.99. The molecule has 0 saturated carbocycles. The highest BCUT2D eigenvalue weighted by molar-refractivity contribution is 14.0. The maximum Gasteiger partial charge on any atom is 0.191 e. The minimum atomic E-state index is 0. The van der Waals surface area contributed by atoms with Gasteiger partial charge in [0.2, 0.25) is 0 Å². The monoisotopic (exact) mass is 450 g/mol. The van der Waals surface area contributed by atoms with Gasteiger partial charge in [-0.15, -0.1) is 35.3 Å². The van der Waals surface area contributed by atoms with Crippen molar-refractivity contribution < 1.29 is 0 Å². The van der Waals surface area contributed by atoms with Crippen molar-refractivity contribution in [2.75, 3.05) is 7.05 Å². The first kappa shape index (κ1) is 19.4. The number of hydrogen-bond donors (Lipinski definition) is 2. The molecule has 0 amide bonds. The van der Waals surface area contributed by atoms with Crippen LogP contribution in [0.5, 0.6) is 0 Å². The molecule has 0 aromatic carbocycles. The highest BCUT2D eigenvalue weighted by Crippen LogP contribution is 2.25. The summed E-state index contributed by atoms with van der Waals surface area (Å²) in [5.41, 5.74) is 2.44. The van der Waals surface area contributed by atoms with E-state index in [0.29, 0.717) is 6.54 Å². The molecule has 0 bridgehead atoms. The molecule has 0 saturated heterocycles. The van der Waals surface area contributed by atoms with Crippen LogP contribution in [0, 0.1) is 0 Å². The molecule has 7 heteroatoms. The lowest BCUT2D eigenvalue weighted by Crippen LogP contribution is -2.36. The third-order valence-electron chi connectivity index (χ3n) is 2.89. The van der Waals surface area contributed by atoms with Crippen molar-refractivity contribution in [1.82, 2.24) is 15.6 Å². The van der Waals surface area contributed by atoms with Crippen LogP contribution in [0.3, 0.4) is 0 Å². The highest BCUT2D eigenvalue weighted by Gasteiger charge is 2.17. The van der Waals surface area contributed by atoms with E-state index in [0.717, 1.165) is 18.2 Å². The smallest absolute Gasteiger partial charge is 0.191 e. The number of halogens is 1. The van der Waals surface area contributed by atoms with Gasteiger partial charge in [0.1, 0.15) is 0 Å². The standard InChI is InChI=1S/C15H22N4S2.HI/c1-15(2,3)13-19-12(10-21-13)8-18-14(16-4)17-7-11-5-6-20-9-11;/h5-6,9-10H,7-8H2,1-4H3,(H2,16,17,18);1H. The summed E-state index contributed by atoms with van der Waals surface area (Å²) in [4.78, 5) is 8.90. The maximum atomic E-state index is 4.67. The molecular weight excluding hydrogens is 427 g/mol. The zero-order valence-electron chi connectivity index (χ0n) is 13.3. The van der Waals surface area contributed by atoms with E-state index >= 15 is 0 Å². The predicted octanol–water partition coefficient (Wildman–Crippen LogP) is 3.99. The van der Waals surface area contributed by atoms with E-state index in [1.165, 1.54) is 10.6 Å². The number of thiazole rings is 1. The average Bonchev–Trinajstić information content (AvgIpc) is 3.09. The Kier molecular flexibility index (Phi) is 7.78. The van der Waals surface area contributed by atoms with E-state index in [2.05, 4.69) is 63.6 Å². The second-order valence-corrected chi connectivity index (χ2v) is 7.44. The van der Waals surface area contributed by atoms with Gasteiger partial charge < -0.3 is 10.6 Å². The lowest BCUT2D eigenvalue weighted by molar-refractivity contribution is 0.582. The van der Waals surface area contributed by atoms with Crippen LogP contribution in [-0.4, -0.2) is 18.0 Å². The van der Waals surface area contributed by atoms with Crippen LogP contribution >= 0.6 is 46.7 Å². The average molecular weight is 450 g/mol. The number of aromatic nitrogens is 1. The van der Waals surface area contributed by atoms with Crippen molar-refractivity contribution in [3.05, 3.63) is 38.5 Å². The SMILES string of the molecule is CN=C(NCc1ccsc1)NCc1csc(C(C)(C)C)n1.I. The van der Waals surface area contributed by atoms with Gasteiger partial charge in [0.05, 0.1) is 17.2 Å². The fourth-order valence-corrected chi connectivity index (χ4v) is 3.28. The molecule has 0 aliphatic rings. The molecule has 2 aromatic heterocycles. The molecule has 22 heavy (non-hydrogen) atoms. The minimum absolute atomic E-state index is 0. The zero-order chi connectivity index (χ0) is 15.3. The van der Waals surface area contributed by atoms with Gasteiger partial charge in [-0.1, -0.05) is 20.8 Å². The molecule has 0 aliphatic heterocycles. The maximum absolute atomic E-state index is 4.67. The lowest BCUT2D eigenvalue weighted by Gasteiger charge is -2.14. The number of thiophene rings is 1. The van der Waals surface area contributed by atoms with Crippen LogP contribution in [0.2, 0.25) is 0 Å². The fraction of sp³-hybridized carbons (Fsp3) is 0.467. The molecule has 0 aliphatic carbocycles. The Morgan fingerprint density at radius 3 is 2.50 bits per heavy atom. The van der Waals surface area contributed by atoms with Crippen LogP contribution < -0.4 is 10.6 Å². The quantitative estimate of drug-likeness (QED) is 0.421. The molecule has 0 spiro atoms. The summed E-state index contributed by atoms with van der Waals surface area (Å²) in [6.07, 6.45) is 0. The zero-order valence-corrected chi connectivity index (χ0v) is 17.3. The van der Waals surface area contributed by atoms with Crippen LogP contribution in [0.15, 0.2) is 27.2 Å². The summed E-state index contributed by atoms with van der Waals surface area (Å²) in [6.45, 7) is 8.03. The molecule has 0 unspecified atom stereocenters. The van der Waals surface area contributed by atoms with E-state index < -0.39 is 0 Å². The third kappa shape index (κ3) is 5.85. The van der Waals surface area contributed by atoms with Crippen LogP contribution in [0.1, 0.15) is 37.0 Å². The Labute approximate surface area is 157 Å². The Balaban J connectivity index is 0.00000242. The number of aliphatic imine (C=N–C) groups is 1. The molecule has 2 rings (SSSR count). The van der Waals surface area contributed by atoms with Gasteiger partial charge in [-0.25, -0.2) is 4.98 Å². The van der Waals surface area contributed by atoms with E-state index in [1.54, 1.807) is 29.7 Å². The molecule has 0 fully saturated rings. The Hall–Kier alpha value is -0.670. The fourth-order valence-electron chi connectivity index (χ4n) is 1.71. The Bertz CT molecular complexity index is 585. The van der Waals surface area contributed by atoms with Crippen molar-refractivity contribution in [2.24, 2.45) is 4.99 Å². The number of nitrogens with one attached hydrogen (secondary N) is 2. The Morgan fingerprint density at radius 2 is 1.95 bits per heavy atom.